The van der Waals surface area contributed by atoms with Crippen LogP contribution in [0, 0.1) is 10.1 Å². The zero-order valence-corrected chi connectivity index (χ0v) is 8.61. The quantitative estimate of drug-likeness (QED) is 0.399. The normalized spacial score (nSPS) is 15.1. The molecule has 2 unspecified atom stereocenters. The van der Waals surface area contributed by atoms with Gasteiger partial charge < -0.3 is 10.2 Å². The molecule has 2 atom stereocenters. The third kappa shape index (κ3) is 2.41. The highest BCUT2D eigenvalue weighted by Gasteiger charge is 2.23. The lowest BCUT2D eigenvalue weighted by atomic mass is 10.2. The van der Waals surface area contributed by atoms with Crippen LogP contribution in [0.5, 0.6) is 0 Å². The van der Waals surface area contributed by atoms with Crippen molar-refractivity contribution in [2.45, 2.75) is 12.2 Å². The van der Waals surface area contributed by atoms with E-state index in [1.807, 2.05) is 0 Å². The van der Waals surface area contributed by atoms with Crippen molar-refractivity contribution in [2.24, 2.45) is 0 Å². The molecule has 14 heavy (non-hydrogen) atoms. The Bertz CT molecular complexity index is 329. The third-order valence-electron chi connectivity index (χ3n) is 1.50. The molecule has 0 aliphatic rings. The number of nitro groups is 1. The maximum absolute atomic E-state index is 10.3. The van der Waals surface area contributed by atoms with Gasteiger partial charge in [0.2, 0.25) is 0 Å². The van der Waals surface area contributed by atoms with E-state index in [9.17, 15) is 20.3 Å². The van der Waals surface area contributed by atoms with Crippen molar-refractivity contribution in [3.63, 3.8) is 0 Å². The Morgan fingerprint density at radius 1 is 1.71 bits per heavy atom. The highest BCUT2D eigenvalue weighted by molar-refractivity contribution is 7.80. The molecule has 0 amide bonds. The topological polar surface area (TPSA) is 96.5 Å². The Balaban J connectivity index is 2.81. The first kappa shape index (κ1) is 11.4. The van der Waals surface area contributed by atoms with Gasteiger partial charge in [-0.05, 0) is 11.3 Å². The second-order valence-electron chi connectivity index (χ2n) is 2.49. The highest BCUT2D eigenvalue weighted by Crippen LogP contribution is 2.27. The van der Waals surface area contributed by atoms with Crippen molar-refractivity contribution in [1.82, 2.24) is 4.98 Å². The van der Waals surface area contributed by atoms with Crippen molar-refractivity contribution in [3.8, 4) is 0 Å². The molecule has 1 heterocycles. The molecule has 0 aliphatic carbocycles. The van der Waals surface area contributed by atoms with E-state index >= 15 is 0 Å². The van der Waals surface area contributed by atoms with E-state index in [1.165, 1.54) is 0 Å². The number of thiazole rings is 1. The first-order chi connectivity index (χ1) is 6.56. The van der Waals surface area contributed by atoms with Gasteiger partial charge in [-0.1, -0.05) is 0 Å². The van der Waals surface area contributed by atoms with Crippen molar-refractivity contribution < 1.29 is 15.1 Å². The molecule has 78 valence electrons. The Hall–Kier alpha value is -0.700. The largest absolute Gasteiger partial charge is 0.389 e. The van der Waals surface area contributed by atoms with Crippen LogP contribution in [0.25, 0.3) is 0 Å². The number of aromatic nitrogens is 1. The molecule has 0 saturated carbocycles. The van der Waals surface area contributed by atoms with E-state index < -0.39 is 17.1 Å². The average molecular weight is 236 g/mol. The van der Waals surface area contributed by atoms with E-state index in [1.54, 1.807) is 0 Å². The minimum atomic E-state index is -1.22. The second kappa shape index (κ2) is 4.69. The third-order valence-corrected chi connectivity index (χ3v) is 2.89. The summed E-state index contributed by atoms with van der Waals surface area (Å²) in [6, 6.07) is 0. The van der Waals surface area contributed by atoms with E-state index in [0.717, 1.165) is 17.5 Å². The van der Waals surface area contributed by atoms with Crippen LogP contribution >= 0.6 is 24.0 Å². The number of rotatable bonds is 4. The van der Waals surface area contributed by atoms with E-state index in [-0.39, 0.29) is 15.8 Å². The molecular formula is C6H8N2O4S2. The lowest BCUT2D eigenvalue weighted by Crippen LogP contribution is -2.19. The van der Waals surface area contributed by atoms with Crippen molar-refractivity contribution in [3.05, 3.63) is 21.3 Å². The minimum absolute atomic E-state index is 0.0640. The lowest BCUT2D eigenvalue weighted by Gasteiger charge is -2.11. The summed E-state index contributed by atoms with van der Waals surface area (Å²) in [6.45, 7) is 0. The maximum Gasteiger partial charge on any atom is 0.344 e. The standard InChI is InChI=1S/C6H8N2O4S2/c9-3(2-13)5(10)6-7-1-4(14-6)8(11)12/h1,3,5,9-10,13H,2H2. The van der Waals surface area contributed by atoms with Crippen molar-refractivity contribution in [1.29, 1.82) is 0 Å². The number of thiol groups is 1. The fraction of sp³-hybridized carbons (Fsp3) is 0.500. The Labute approximate surface area is 88.8 Å². The van der Waals surface area contributed by atoms with Gasteiger partial charge >= 0.3 is 5.00 Å². The second-order valence-corrected chi connectivity index (χ2v) is 3.89. The van der Waals surface area contributed by atoms with Crippen LogP contribution in [-0.2, 0) is 0 Å². The molecule has 0 radical (unpaired) electrons. The molecule has 0 fully saturated rings. The van der Waals surface area contributed by atoms with Gasteiger partial charge in [-0.2, -0.15) is 12.6 Å². The molecule has 0 spiro atoms. The Morgan fingerprint density at radius 3 is 2.79 bits per heavy atom. The van der Waals surface area contributed by atoms with Crippen LogP contribution in [0.3, 0.4) is 0 Å². The lowest BCUT2D eigenvalue weighted by molar-refractivity contribution is -0.380. The monoisotopic (exact) mass is 236 g/mol. The number of aliphatic hydroxyl groups excluding tert-OH is 2. The van der Waals surface area contributed by atoms with Crippen molar-refractivity contribution >= 4 is 29.0 Å². The maximum atomic E-state index is 10.3. The van der Waals surface area contributed by atoms with Crippen LogP contribution in [0.4, 0.5) is 5.00 Å². The first-order valence-electron chi connectivity index (χ1n) is 3.63. The van der Waals surface area contributed by atoms with E-state index in [4.69, 9.17) is 0 Å². The molecule has 0 bridgehead atoms. The van der Waals surface area contributed by atoms with Crippen LogP contribution in [0.15, 0.2) is 6.20 Å². The fourth-order valence-corrected chi connectivity index (χ4v) is 1.74. The summed E-state index contributed by atoms with van der Waals surface area (Å²) < 4.78 is 0. The molecule has 1 rings (SSSR count). The van der Waals surface area contributed by atoms with Gasteiger partial charge in [0.05, 0.1) is 11.0 Å². The molecule has 0 saturated heterocycles. The van der Waals surface area contributed by atoms with Crippen LogP contribution in [0.2, 0.25) is 0 Å². The van der Waals surface area contributed by atoms with Gasteiger partial charge in [0.1, 0.15) is 17.3 Å². The summed E-state index contributed by atoms with van der Waals surface area (Å²) >= 11 is 4.52. The molecule has 1 aromatic rings. The SMILES string of the molecule is O=[N+]([O-])c1cnc(C(O)C(O)CS)s1. The van der Waals surface area contributed by atoms with Gasteiger partial charge in [0, 0.05) is 5.75 Å². The molecule has 6 nitrogen and oxygen atoms in total. The van der Waals surface area contributed by atoms with E-state index in [2.05, 4.69) is 17.6 Å². The molecule has 0 aliphatic heterocycles. The Morgan fingerprint density at radius 2 is 2.36 bits per heavy atom. The number of nitrogens with zero attached hydrogens (tertiary/aromatic N) is 2. The summed E-state index contributed by atoms with van der Waals surface area (Å²) in [4.78, 5) is 13.3. The summed E-state index contributed by atoms with van der Waals surface area (Å²) in [5, 5.41) is 28.9. The van der Waals surface area contributed by atoms with Gasteiger partial charge in [0.15, 0.2) is 0 Å². The molecule has 0 aromatic carbocycles. The summed E-state index contributed by atoms with van der Waals surface area (Å²) in [6.07, 6.45) is -1.23. The minimum Gasteiger partial charge on any atom is -0.389 e. The highest BCUT2D eigenvalue weighted by atomic mass is 32.1. The van der Waals surface area contributed by atoms with Crippen LogP contribution in [0.1, 0.15) is 11.1 Å². The first-order valence-corrected chi connectivity index (χ1v) is 5.08. The summed E-state index contributed by atoms with van der Waals surface area (Å²) in [5.74, 6) is 0.0640. The van der Waals surface area contributed by atoms with Crippen LogP contribution in [-0.4, -0.2) is 32.0 Å². The molecular weight excluding hydrogens is 228 g/mol. The summed E-state index contributed by atoms with van der Waals surface area (Å²) in [5.41, 5.74) is 0. The predicted molar refractivity (Wildman–Crippen MR) is 53.6 cm³/mol. The van der Waals surface area contributed by atoms with Gasteiger partial charge in [-0.3, -0.25) is 10.1 Å². The smallest absolute Gasteiger partial charge is 0.344 e. The Kier molecular flexibility index (Phi) is 3.81. The van der Waals surface area contributed by atoms with Crippen LogP contribution < -0.4 is 0 Å². The van der Waals surface area contributed by atoms with Crippen molar-refractivity contribution in [2.75, 3.05) is 5.75 Å². The number of hydrogen-bond donors (Lipinski definition) is 3. The van der Waals surface area contributed by atoms with Gasteiger partial charge in [0.25, 0.3) is 0 Å². The number of hydrogen-bond acceptors (Lipinski definition) is 7. The average Bonchev–Trinajstić information content (AvgIpc) is 2.64. The molecule has 8 heteroatoms. The zero-order valence-electron chi connectivity index (χ0n) is 6.90. The zero-order chi connectivity index (χ0) is 10.7. The van der Waals surface area contributed by atoms with Gasteiger partial charge in [-0.15, -0.1) is 0 Å². The molecule has 1 aromatic heterocycles. The number of aliphatic hydroxyl groups is 2. The summed E-state index contributed by atoms with van der Waals surface area (Å²) in [7, 11) is 0. The molecule has 2 N–H and O–H groups in total. The fourth-order valence-electron chi connectivity index (χ4n) is 0.764. The van der Waals surface area contributed by atoms with Gasteiger partial charge in [-0.25, -0.2) is 4.98 Å². The van der Waals surface area contributed by atoms with E-state index in [0.29, 0.717) is 0 Å². The predicted octanol–water partition coefficient (Wildman–Crippen LogP) is 0.375.